The first-order valence-electron chi connectivity index (χ1n) is 12.1. The normalized spacial score (nSPS) is 26.1. The van der Waals surface area contributed by atoms with Crippen molar-refractivity contribution in [3.8, 4) is 5.88 Å². The lowest BCUT2D eigenvalue weighted by Gasteiger charge is -2.48. The molecule has 0 saturated carbocycles. The zero-order chi connectivity index (χ0) is 23.6. The maximum atomic E-state index is 11.1. The van der Waals surface area contributed by atoms with Crippen molar-refractivity contribution in [2.75, 3.05) is 14.2 Å². The van der Waals surface area contributed by atoms with Crippen molar-refractivity contribution in [2.24, 2.45) is 0 Å². The number of aromatic amines is 1. The van der Waals surface area contributed by atoms with E-state index in [9.17, 15) is 5.11 Å². The van der Waals surface area contributed by atoms with Crippen LogP contribution in [0, 0.1) is 0 Å². The summed E-state index contributed by atoms with van der Waals surface area (Å²) in [5, 5.41) is 20.9. The van der Waals surface area contributed by atoms with Gasteiger partial charge in [0.1, 0.15) is 12.3 Å². The van der Waals surface area contributed by atoms with Crippen LogP contribution in [0.4, 0.5) is 0 Å². The molecule has 5 heterocycles. The third kappa shape index (κ3) is 2.10. The first-order chi connectivity index (χ1) is 17.1. The molecule has 7 heteroatoms. The van der Waals surface area contributed by atoms with Crippen LogP contribution >= 0.6 is 0 Å². The van der Waals surface area contributed by atoms with Crippen molar-refractivity contribution in [3.63, 3.8) is 0 Å². The van der Waals surface area contributed by atoms with E-state index in [2.05, 4.69) is 74.9 Å². The quantitative estimate of drug-likeness (QED) is 0.324. The molecule has 35 heavy (non-hydrogen) atoms. The number of H-pyrrole nitrogens is 1. The first kappa shape index (κ1) is 19.8. The molecule has 3 aromatic carbocycles. The molecule has 2 aliphatic heterocycles. The number of nitrogens with one attached hydrogen (secondary N) is 2. The third-order valence-electron chi connectivity index (χ3n) is 8.47. The SMILES string of the molecule is CN[C@H]1C[C@@H]2O[C@](C)([C@H]1OC)n1c3ccccc3c3c4c[nH]c(O)c4c4c5ccccc5n2c4c31. The van der Waals surface area contributed by atoms with Gasteiger partial charge >= 0.3 is 0 Å². The van der Waals surface area contributed by atoms with E-state index in [4.69, 9.17) is 9.47 Å². The summed E-state index contributed by atoms with van der Waals surface area (Å²) in [4.78, 5) is 3.11. The molecule has 176 valence electrons. The van der Waals surface area contributed by atoms with Gasteiger partial charge in [-0.15, -0.1) is 0 Å². The van der Waals surface area contributed by atoms with Crippen LogP contribution in [-0.2, 0) is 15.2 Å². The van der Waals surface area contributed by atoms with Crippen LogP contribution in [-0.4, -0.2) is 45.5 Å². The Morgan fingerprint density at radius 3 is 2.46 bits per heavy atom. The van der Waals surface area contributed by atoms with E-state index in [1.54, 1.807) is 7.11 Å². The molecule has 1 fully saturated rings. The van der Waals surface area contributed by atoms with Gasteiger partial charge in [-0.3, -0.25) is 0 Å². The number of likely N-dealkylation sites (N-methyl/N-ethyl adjacent to an activating group) is 1. The molecule has 7 nitrogen and oxygen atoms in total. The number of aromatic nitrogens is 3. The second-order valence-electron chi connectivity index (χ2n) is 10.0. The average Bonchev–Trinajstić information content (AvgIpc) is 3.51. The van der Waals surface area contributed by atoms with E-state index in [-0.39, 0.29) is 24.3 Å². The largest absolute Gasteiger partial charge is 0.494 e. The standard InChI is InChI=1S/C28H26N4O3/c1-28-26(34-3)17(29-2)12-20(35-28)31-18-10-6-4-8-14(18)22-23-16(13-30-27(23)33)21-15-9-5-7-11-19(15)32(28)25(21)24(22)31/h4-11,13,17,20,26,29-30,33H,12H2,1-3H3/t17-,20-,26-,28+/m0/s1. The number of fused-ring (bicyclic) bond motifs is 13. The molecule has 2 aliphatic rings. The number of rotatable bonds is 2. The number of methoxy groups -OCH3 is 1. The Morgan fingerprint density at radius 1 is 1.00 bits per heavy atom. The van der Waals surface area contributed by atoms with Gasteiger partial charge in [-0.1, -0.05) is 36.4 Å². The minimum Gasteiger partial charge on any atom is -0.494 e. The van der Waals surface area contributed by atoms with Crippen LogP contribution in [0.15, 0.2) is 54.7 Å². The van der Waals surface area contributed by atoms with E-state index in [0.29, 0.717) is 0 Å². The summed E-state index contributed by atoms with van der Waals surface area (Å²) in [6.45, 7) is 2.16. The molecule has 3 aromatic heterocycles. The van der Waals surface area contributed by atoms with Crippen molar-refractivity contribution < 1.29 is 14.6 Å². The van der Waals surface area contributed by atoms with Gasteiger partial charge in [0, 0.05) is 52.7 Å². The molecule has 3 N–H and O–H groups in total. The van der Waals surface area contributed by atoms with Crippen molar-refractivity contribution in [2.45, 2.75) is 37.4 Å². The molecular formula is C28H26N4O3. The summed E-state index contributed by atoms with van der Waals surface area (Å²) < 4.78 is 18.0. The lowest BCUT2D eigenvalue weighted by molar-refractivity contribution is -0.256. The van der Waals surface area contributed by atoms with Gasteiger partial charge in [0.15, 0.2) is 11.6 Å². The number of hydrogen-bond acceptors (Lipinski definition) is 4. The fraction of sp³-hybridized carbons (Fsp3) is 0.286. The lowest BCUT2D eigenvalue weighted by Crippen LogP contribution is -2.59. The van der Waals surface area contributed by atoms with Gasteiger partial charge < -0.3 is 34.0 Å². The Bertz CT molecular complexity index is 1840. The highest BCUT2D eigenvalue weighted by molar-refractivity contribution is 6.36. The summed E-state index contributed by atoms with van der Waals surface area (Å²) in [6.07, 6.45) is 2.29. The number of nitrogens with zero attached hydrogens (tertiary/aromatic N) is 2. The highest BCUT2D eigenvalue weighted by Gasteiger charge is 2.52. The Kier molecular flexibility index (Phi) is 3.60. The van der Waals surface area contributed by atoms with E-state index in [1.165, 1.54) is 0 Å². The number of aromatic hydroxyl groups is 1. The Balaban J connectivity index is 1.75. The highest BCUT2D eigenvalue weighted by atomic mass is 16.6. The number of ether oxygens (including phenoxy) is 2. The molecule has 4 atom stereocenters. The first-order valence-corrected chi connectivity index (χ1v) is 12.1. The highest BCUT2D eigenvalue weighted by Crippen LogP contribution is 2.54. The molecule has 0 spiro atoms. The zero-order valence-electron chi connectivity index (χ0n) is 19.8. The Hall–Kier alpha value is -3.52. The molecule has 6 aromatic rings. The number of hydrogen-bond donors (Lipinski definition) is 3. The monoisotopic (exact) mass is 466 g/mol. The maximum Gasteiger partial charge on any atom is 0.197 e. The molecule has 2 bridgehead atoms. The predicted octanol–water partition coefficient (Wildman–Crippen LogP) is 5.30. The van der Waals surface area contributed by atoms with Crippen LogP contribution < -0.4 is 5.32 Å². The zero-order valence-corrected chi connectivity index (χ0v) is 19.8. The molecule has 0 unspecified atom stereocenters. The summed E-state index contributed by atoms with van der Waals surface area (Å²) in [5.41, 5.74) is 3.66. The van der Waals surface area contributed by atoms with Crippen LogP contribution in [0.25, 0.3) is 54.4 Å². The van der Waals surface area contributed by atoms with Crippen molar-refractivity contribution in [1.82, 2.24) is 19.4 Å². The van der Waals surface area contributed by atoms with E-state index in [1.807, 2.05) is 13.2 Å². The molecule has 0 aliphatic carbocycles. The van der Waals surface area contributed by atoms with Gasteiger partial charge in [-0.25, -0.2) is 0 Å². The molecule has 8 rings (SSSR count). The van der Waals surface area contributed by atoms with Gasteiger partial charge in [-0.2, -0.15) is 0 Å². The van der Waals surface area contributed by atoms with Crippen molar-refractivity contribution in [3.05, 3.63) is 54.7 Å². The van der Waals surface area contributed by atoms with E-state index < -0.39 is 5.72 Å². The van der Waals surface area contributed by atoms with Crippen LogP contribution in [0.2, 0.25) is 0 Å². The van der Waals surface area contributed by atoms with Crippen LogP contribution in [0.3, 0.4) is 0 Å². The second-order valence-corrected chi connectivity index (χ2v) is 10.0. The molecule has 0 amide bonds. The van der Waals surface area contributed by atoms with Crippen molar-refractivity contribution in [1.29, 1.82) is 0 Å². The Morgan fingerprint density at radius 2 is 1.71 bits per heavy atom. The fourth-order valence-electron chi connectivity index (χ4n) is 7.20. The predicted molar refractivity (Wildman–Crippen MR) is 138 cm³/mol. The van der Waals surface area contributed by atoms with Gasteiger partial charge in [-0.05, 0) is 26.1 Å². The van der Waals surface area contributed by atoms with Crippen molar-refractivity contribution >= 4 is 54.4 Å². The average molecular weight is 467 g/mol. The lowest BCUT2D eigenvalue weighted by atomic mass is 9.93. The summed E-state index contributed by atoms with van der Waals surface area (Å²) in [7, 11) is 3.77. The van der Waals surface area contributed by atoms with E-state index >= 15 is 0 Å². The third-order valence-corrected chi connectivity index (χ3v) is 8.47. The van der Waals surface area contributed by atoms with Gasteiger partial charge in [0.2, 0.25) is 0 Å². The topological polar surface area (TPSA) is 76.4 Å². The Labute approximate surface area is 200 Å². The molecular weight excluding hydrogens is 440 g/mol. The van der Waals surface area contributed by atoms with Crippen LogP contribution in [0.5, 0.6) is 5.88 Å². The number of benzene rings is 3. The van der Waals surface area contributed by atoms with Crippen LogP contribution in [0.1, 0.15) is 19.6 Å². The minimum atomic E-state index is -0.758. The number of para-hydroxylation sites is 2. The minimum absolute atomic E-state index is 0.0885. The smallest absolute Gasteiger partial charge is 0.197 e. The van der Waals surface area contributed by atoms with E-state index in [0.717, 1.165) is 60.8 Å². The fourth-order valence-corrected chi connectivity index (χ4v) is 7.20. The second kappa shape index (κ2) is 6.37. The summed E-state index contributed by atoms with van der Waals surface area (Å²) in [6, 6.07) is 17.0. The molecule has 1 saturated heterocycles. The van der Waals surface area contributed by atoms with Gasteiger partial charge in [0.05, 0.1) is 27.5 Å². The summed E-state index contributed by atoms with van der Waals surface area (Å²) in [5.74, 6) is 0.198. The molecule has 0 radical (unpaired) electrons. The summed E-state index contributed by atoms with van der Waals surface area (Å²) >= 11 is 0. The maximum absolute atomic E-state index is 11.1. The van der Waals surface area contributed by atoms with Gasteiger partial charge in [0.25, 0.3) is 0 Å².